The number of para-hydroxylation sites is 2. The smallest absolute Gasteiger partial charge is 0.282 e. The molecule has 0 saturated heterocycles. The van der Waals surface area contributed by atoms with E-state index in [0.717, 1.165) is 22.5 Å². The molecule has 4 rings (SSSR count). The van der Waals surface area contributed by atoms with Crippen LogP contribution in [0.5, 0.6) is 0 Å². The van der Waals surface area contributed by atoms with Crippen LogP contribution in [-0.4, -0.2) is 24.9 Å². The molecule has 2 aromatic carbocycles. The molecule has 0 bridgehead atoms. The standard InChI is InChI=1S/C18H18N6O/c1-11-7-3-5-9-13(11)20-17-21-16(19)22-18(23-17)12-8-4-6-10-14(12)24(2)15(18)25/h3-10H,1-2H3,(H4,19,20,21,22,23)/t18-/m0/s1. The molecule has 1 spiro atoms. The molecule has 7 nitrogen and oxygen atoms in total. The van der Waals surface area contributed by atoms with E-state index in [2.05, 4.69) is 20.6 Å². The van der Waals surface area contributed by atoms with Crippen LogP contribution in [0, 0.1) is 6.92 Å². The number of guanidine groups is 2. The summed E-state index contributed by atoms with van der Waals surface area (Å²) >= 11 is 0. The van der Waals surface area contributed by atoms with Crippen LogP contribution in [-0.2, 0) is 10.5 Å². The summed E-state index contributed by atoms with van der Waals surface area (Å²) in [6.45, 7) is 1.99. The van der Waals surface area contributed by atoms with E-state index in [1.807, 2.05) is 55.5 Å². The number of hydrogen-bond acceptors (Lipinski definition) is 6. The zero-order chi connectivity index (χ0) is 17.6. The van der Waals surface area contributed by atoms with E-state index in [4.69, 9.17) is 5.73 Å². The SMILES string of the molecule is Cc1ccccc1NC1=N[C@]2(N=C(N)N1)C(=O)N(C)c1ccccc12. The Bertz CT molecular complexity index is 935. The Kier molecular flexibility index (Phi) is 3.24. The molecule has 4 N–H and O–H groups in total. The number of hydrogen-bond donors (Lipinski definition) is 3. The monoisotopic (exact) mass is 334 g/mol. The number of carbonyl (C=O) groups is 1. The van der Waals surface area contributed by atoms with E-state index in [0.29, 0.717) is 5.96 Å². The van der Waals surface area contributed by atoms with Crippen LogP contribution in [0.2, 0.25) is 0 Å². The lowest BCUT2D eigenvalue weighted by molar-refractivity contribution is -0.122. The second kappa shape index (κ2) is 5.34. The number of fused-ring (bicyclic) bond motifs is 2. The van der Waals surface area contributed by atoms with Crippen LogP contribution in [0.4, 0.5) is 11.4 Å². The molecule has 2 aliphatic heterocycles. The first kappa shape index (κ1) is 15.2. The number of amides is 1. The number of anilines is 2. The molecule has 0 radical (unpaired) electrons. The second-order valence-corrected chi connectivity index (χ2v) is 6.08. The largest absolute Gasteiger partial charge is 0.370 e. The van der Waals surface area contributed by atoms with Crippen molar-refractivity contribution in [2.75, 3.05) is 17.3 Å². The van der Waals surface area contributed by atoms with E-state index < -0.39 is 5.66 Å². The van der Waals surface area contributed by atoms with Crippen molar-refractivity contribution in [1.82, 2.24) is 5.32 Å². The third-order valence-corrected chi connectivity index (χ3v) is 4.44. The fraction of sp³-hybridized carbons (Fsp3) is 0.167. The van der Waals surface area contributed by atoms with Crippen LogP contribution in [0.15, 0.2) is 58.5 Å². The lowest BCUT2D eigenvalue weighted by atomic mass is 10.0. The van der Waals surface area contributed by atoms with E-state index >= 15 is 0 Å². The van der Waals surface area contributed by atoms with Gasteiger partial charge >= 0.3 is 0 Å². The molecule has 0 aliphatic carbocycles. The minimum Gasteiger partial charge on any atom is -0.370 e. The molecule has 0 aromatic heterocycles. The van der Waals surface area contributed by atoms with Gasteiger partial charge in [0.1, 0.15) is 0 Å². The molecule has 2 aliphatic rings. The van der Waals surface area contributed by atoms with Crippen molar-refractivity contribution >= 4 is 29.2 Å². The number of nitrogens with zero attached hydrogens (tertiary/aromatic N) is 3. The molecular weight excluding hydrogens is 316 g/mol. The summed E-state index contributed by atoms with van der Waals surface area (Å²) in [4.78, 5) is 23.5. The van der Waals surface area contributed by atoms with Crippen LogP contribution < -0.4 is 21.3 Å². The molecule has 25 heavy (non-hydrogen) atoms. The van der Waals surface area contributed by atoms with Gasteiger partial charge in [-0.15, -0.1) is 0 Å². The Morgan fingerprint density at radius 3 is 2.64 bits per heavy atom. The van der Waals surface area contributed by atoms with Gasteiger partial charge in [0.15, 0.2) is 5.96 Å². The van der Waals surface area contributed by atoms with E-state index in [1.54, 1.807) is 11.9 Å². The minimum absolute atomic E-state index is 0.143. The Balaban J connectivity index is 1.82. The summed E-state index contributed by atoms with van der Waals surface area (Å²) < 4.78 is 0. The number of aliphatic imine (C=N–C) groups is 2. The summed E-state index contributed by atoms with van der Waals surface area (Å²) in [6.07, 6.45) is 0. The van der Waals surface area contributed by atoms with Crippen molar-refractivity contribution in [2.24, 2.45) is 15.7 Å². The quantitative estimate of drug-likeness (QED) is 0.737. The van der Waals surface area contributed by atoms with Crippen molar-refractivity contribution in [1.29, 1.82) is 0 Å². The molecule has 126 valence electrons. The molecule has 1 amide bonds. The molecule has 0 unspecified atom stereocenters. The fourth-order valence-corrected chi connectivity index (χ4v) is 3.17. The molecular formula is C18H18N6O. The molecule has 0 fully saturated rings. The van der Waals surface area contributed by atoms with Gasteiger partial charge in [0.2, 0.25) is 5.96 Å². The van der Waals surface area contributed by atoms with Gasteiger partial charge in [0.25, 0.3) is 11.6 Å². The molecule has 2 aromatic rings. The van der Waals surface area contributed by atoms with E-state index in [-0.39, 0.29) is 11.9 Å². The lowest BCUT2D eigenvalue weighted by Crippen LogP contribution is -2.50. The third-order valence-electron chi connectivity index (χ3n) is 4.44. The molecule has 7 heteroatoms. The first-order valence-corrected chi connectivity index (χ1v) is 7.94. The van der Waals surface area contributed by atoms with Crippen molar-refractivity contribution in [2.45, 2.75) is 12.6 Å². The molecule has 0 saturated carbocycles. The average molecular weight is 334 g/mol. The van der Waals surface area contributed by atoms with Crippen LogP contribution in [0.1, 0.15) is 11.1 Å². The average Bonchev–Trinajstić information content (AvgIpc) is 2.79. The van der Waals surface area contributed by atoms with Gasteiger partial charge in [-0.05, 0) is 24.6 Å². The first-order valence-electron chi connectivity index (χ1n) is 7.94. The van der Waals surface area contributed by atoms with Gasteiger partial charge in [0, 0.05) is 18.3 Å². The Morgan fingerprint density at radius 2 is 1.84 bits per heavy atom. The first-order chi connectivity index (χ1) is 12.0. The van der Waals surface area contributed by atoms with Crippen LogP contribution >= 0.6 is 0 Å². The Labute approximate surface area is 145 Å². The number of nitrogens with two attached hydrogens (primary N) is 1. The summed E-state index contributed by atoms with van der Waals surface area (Å²) in [6, 6.07) is 15.3. The molecule has 1 atom stereocenters. The van der Waals surface area contributed by atoms with Crippen molar-refractivity contribution < 1.29 is 4.79 Å². The number of likely N-dealkylation sites (N-methyl/N-ethyl adjacent to an activating group) is 1. The van der Waals surface area contributed by atoms with Gasteiger partial charge in [0.05, 0.1) is 5.69 Å². The Hall–Kier alpha value is -3.35. The zero-order valence-corrected chi connectivity index (χ0v) is 13.9. The highest BCUT2D eigenvalue weighted by Crippen LogP contribution is 2.43. The van der Waals surface area contributed by atoms with Gasteiger partial charge < -0.3 is 16.0 Å². The Morgan fingerprint density at radius 1 is 1.12 bits per heavy atom. The maximum absolute atomic E-state index is 13.0. The van der Waals surface area contributed by atoms with E-state index in [1.165, 1.54) is 0 Å². The predicted octanol–water partition coefficient (Wildman–Crippen LogP) is 1.51. The second-order valence-electron chi connectivity index (χ2n) is 6.08. The van der Waals surface area contributed by atoms with Gasteiger partial charge in [-0.1, -0.05) is 36.4 Å². The molecule has 2 heterocycles. The van der Waals surface area contributed by atoms with Crippen LogP contribution in [0.25, 0.3) is 0 Å². The van der Waals surface area contributed by atoms with Crippen molar-refractivity contribution in [3.8, 4) is 0 Å². The third kappa shape index (κ3) is 2.24. The van der Waals surface area contributed by atoms with Crippen molar-refractivity contribution in [3.05, 3.63) is 59.7 Å². The predicted molar refractivity (Wildman–Crippen MR) is 98.5 cm³/mol. The highest BCUT2D eigenvalue weighted by Gasteiger charge is 2.52. The van der Waals surface area contributed by atoms with Crippen molar-refractivity contribution in [3.63, 3.8) is 0 Å². The number of carbonyl (C=O) groups excluding carboxylic acids is 1. The summed E-state index contributed by atoms with van der Waals surface area (Å²) in [5.74, 6) is 0.298. The number of rotatable bonds is 1. The number of nitrogens with one attached hydrogen (secondary N) is 2. The van der Waals surface area contributed by atoms with Crippen LogP contribution in [0.3, 0.4) is 0 Å². The summed E-state index contributed by atoms with van der Waals surface area (Å²) in [7, 11) is 1.72. The fourth-order valence-electron chi connectivity index (χ4n) is 3.17. The maximum atomic E-state index is 13.0. The number of aryl methyl sites for hydroxylation is 1. The number of benzene rings is 2. The highest BCUT2D eigenvalue weighted by atomic mass is 16.2. The summed E-state index contributed by atoms with van der Waals surface area (Å²) in [5.41, 5.74) is 8.03. The zero-order valence-electron chi connectivity index (χ0n) is 13.9. The normalized spacial score (nSPS) is 21.5. The van der Waals surface area contributed by atoms with Gasteiger partial charge in [-0.25, -0.2) is 9.98 Å². The minimum atomic E-state index is -1.38. The lowest BCUT2D eigenvalue weighted by Gasteiger charge is -2.27. The highest BCUT2D eigenvalue weighted by molar-refractivity contribution is 6.14. The van der Waals surface area contributed by atoms with E-state index in [9.17, 15) is 4.79 Å². The topological polar surface area (TPSA) is 95.1 Å². The van der Waals surface area contributed by atoms with Gasteiger partial charge in [-0.2, -0.15) is 0 Å². The summed E-state index contributed by atoms with van der Waals surface area (Å²) in [5, 5.41) is 6.11. The maximum Gasteiger partial charge on any atom is 0.282 e. The van der Waals surface area contributed by atoms with Gasteiger partial charge in [-0.3, -0.25) is 10.1 Å².